The molecule has 1 heterocycles. The number of thioether (sulfide) groups is 1. The van der Waals surface area contributed by atoms with Crippen molar-refractivity contribution in [2.75, 3.05) is 6.26 Å². The first-order valence-corrected chi connectivity index (χ1v) is 8.74. The Morgan fingerprint density at radius 1 is 1.00 bits per heavy atom. The summed E-state index contributed by atoms with van der Waals surface area (Å²) in [5.41, 5.74) is 4.82. The van der Waals surface area contributed by atoms with Crippen molar-refractivity contribution >= 4 is 33.6 Å². The zero-order chi connectivity index (χ0) is 15.1. The summed E-state index contributed by atoms with van der Waals surface area (Å²) in [6.07, 6.45) is 6.39. The van der Waals surface area contributed by atoms with E-state index < -0.39 is 0 Å². The second kappa shape index (κ2) is 5.26. The molecule has 0 fully saturated rings. The van der Waals surface area contributed by atoms with Crippen molar-refractivity contribution in [2.45, 2.75) is 30.6 Å². The number of aryl methyl sites for hydroxylation is 2. The Bertz CT molecular complexity index is 941. The van der Waals surface area contributed by atoms with Crippen LogP contribution in [0.25, 0.3) is 21.8 Å². The van der Waals surface area contributed by atoms with Crippen molar-refractivity contribution in [1.29, 1.82) is 5.26 Å². The highest BCUT2D eigenvalue weighted by Crippen LogP contribution is 2.36. The molecule has 108 valence electrons. The predicted octanol–water partition coefficient (Wildman–Crippen LogP) is 4.26. The summed E-state index contributed by atoms with van der Waals surface area (Å²) in [5.74, 6) is 0. The molecule has 0 amide bonds. The van der Waals surface area contributed by atoms with Crippen molar-refractivity contribution in [2.24, 2.45) is 0 Å². The van der Waals surface area contributed by atoms with E-state index in [1.54, 1.807) is 11.8 Å². The third-order valence-corrected chi connectivity index (χ3v) is 5.14. The van der Waals surface area contributed by atoms with Crippen molar-refractivity contribution < 1.29 is 0 Å². The predicted molar refractivity (Wildman–Crippen MR) is 90.2 cm³/mol. The molecule has 1 aliphatic carbocycles. The molecular weight excluding hydrogens is 290 g/mol. The lowest BCUT2D eigenvalue weighted by Gasteiger charge is -2.17. The van der Waals surface area contributed by atoms with E-state index in [4.69, 9.17) is 9.97 Å². The Kier molecular flexibility index (Phi) is 3.24. The molecule has 1 aliphatic rings. The number of fused-ring (bicyclic) bond motifs is 4. The molecule has 0 unspecified atom stereocenters. The first-order chi connectivity index (χ1) is 10.8. The molecule has 4 rings (SSSR count). The van der Waals surface area contributed by atoms with Gasteiger partial charge in [-0.2, -0.15) is 5.26 Å². The van der Waals surface area contributed by atoms with Crippen LogP contribution < -0.4 is 0 Å². The zero-order valence-electron chi connectivity index (χ0n) is 12.4. The number of benzene rings is 2. The van der Waals surface area contributed by atoms with Crippen LogP contribution in [0, 0.1) is 11.3 Å². The van der Waals surface area contributed by atoms with Gasteiger partial charge in [0.2, 0.25) is 0 Å². The molecule has 22 heavy (non-hydrogen) atoms. The smallest absolute Gasteiger partial charge is 0.105 e. The second-order valence-electron chi connectivity index (χ2n) is 5.59. The second-order valence-corrected chi connectivity index (χ2v) is 6.40. The molecule has 0 radical (unpaired) electrons. The fourth-order valence-electron chi connectivity index (χ4n) is 3.29. The van der Waals surface area contributed by atoms with Gasteiger partial charge in [0.1, 0.15) is 11.6 Å². The van der Waals surface area contributed by atoms with E-state index in [1.807, 2.05) is 30.5 Å². The maximum Gasteiger partial charge on any atom is 0.105 e. The number of hydrogen-bond acceptors (Lipinski definition) is 4. The van der Waals surface area contributed by atoms with Gasteiger partial charge in [0.25, 0.3) is 0 Å². The number of nitriles is 1. The van der Waals surface area contributed by atoms with Crippen LogP contribution >= 0.6 is 11.8 Å². The van der Waals surface area contributed by atoms with Crippen molar-refractivity contribution in [3.05, 3.63) is 41.2 Å². The molecule has 0 atom stereocenters. The van der Waals surface area contributed by atoms with Gasteiger partial charge in [-0.05, 0) is 31.9 Å². The lowest BCUT2D eigenvalue weighted by molar-refractivity contribution is 0.655. The fraction of sp³-hybridized carbons (Fsp3) is 0.278. The van der Waals surface area contributed by atoms with Crippen LogP contribution in [0.15, 0.2) is 29.2 Å². The van der Waals surface area contributed by atoms with Crippen LogP contribution in [-0.2, 0) is 12.8 Å². The molecule has 0 N–H and O–H groups in total. The van der Waals surface area contributed by atoms with E-state index in [0.29, 0.717) is 0 Å². The summed E-state index contributed by atoms with van der Waals surface area (Å²) in [4.78, 5) is 10.8. The summed E-state index contributed by atoms with van der Waals surface area (Å²) < 4.78 is 0. The van der Waals surface area contributed by atoms with Gasteiger partial charge in [-0.1, -0.05) is 24.3 Å². The summed E-state index contributed by atoms with van der Waals surface area (Å²) >= 11 is 1.59. The molecule has 1 aromatic heterocycles. The zero-order valence-corrected chi connectivity index (χ0v) is 13.2. The minimum Gasteiger partial charge on any atom is -0.249 e. The normalized spacial score (nSPS) is 14.0. The van der Waals surface area contributed by atoms with Crippen LogP contribution in [0.2, 0.25) is 0 Å². The number of rotatable bonds is 1. The lowest BCUT2D eigenvalue weighted by Crippen LogP contribution is -2.09. The van der Waals surface area contributed by atoms with Crippen LogP contribution in [-0.4, -0.2) is 16.2 Å². The van der Waals surface area contributed by atoms with Gasteiger partial charge >= 0.3 is 0 Å². The molecule has 0 spiro atoms. The Morgan fingerprint density at radius 3 is 2.27 bits per heavy atom. The van der Waals surface area contributed by atoms with Gasteiger partial charge in [0.15, 0.2) is 0 Å². The minimum absolute atomic E-state index is 0.723. The minimum atomic E-state index is 0.723. The Balaban J connectivity index is 2.22. The fourth-order valence-corrected chi connectivity index (χ4v) is 3.99. The molecule has 0 bridgehead atoms. The van der Waals surface area contributed by atoms with Gasteiger partial charge < -0.3 is 0 Å². The standard InChI is InChI=1S/C18H15N3S/c1-22-18-13(10-19)11-6-2-3-7-12(11)16-17(18)21-15-9-5-4-8-14(15)20-16/h2-3,6-7H,4-5,8-9H2,1H3. The highest BCUT2D eigenvalue weighted by Gasteiger charge is 2.19. The van der Waals surface area contributed by atoms with Gasteiger partial charge in [-0.25, -0.2) is 9.97 Å². The number of aromatic nitrogens is 2. The summed E-state index contributed by atoms with van der Waals surface area (Å²) in [5, 5.41) is 11.6. The van der Waals surface area contributed by atoms with Gasteiger partial charge in [-0.15, -0.1) is 11.8 Å². The van der Waals surface area contributed by atoms with E-state index in [1.165, 1.54) is 12.8 Å². The van der Waals surface area contributed by atoms with Crippen LogP contribution in [0.3, 0.4) is 0 Å². The SMILES string of the molecule is CSc1c(C#N)c2ccccc2c2nc3c(nc12)CCCC3. The highest BCUT2D eigenvalue weighted by molar-refractivity contribution is 7.98. The van der Waals surface area contributed by atoms with Gasteiger partial charge in [-0.3, -0.25) is 0 Å². The summed E-state index contributed by atoms with van der Waals surface area (Å²) in [6.45, 7) is 0. The Labute approximate surface area is 133 Å². The molecule has 3 nitrogen and oxygen atoms in total. The van der Waals surface area contributed by atoms with E-state index in [2.05, 4.69) is 6.07 Å². The van der Waals surface area contributed by atoms with Crippen molar-refractivity contribution in [3.8, 4) is 6.07 Å². The Hall–Kier alpha value is -2.12. The maximum atomic E-state index is 9.63. The van der Waals surface area contributed by atoms with Gasteiger partial charge in [0, 0.05) is 10.8 Å². The highest BCUT2D eigenvalue weighted by atomic mass is 32.2. The molecule has 0 saturated carbocycles. The van der Waals surface area contributed by atoms with Crippen LogP contribution in [0.1, 0.15) is 29.8 Å². The first-order valence-electron chi connectivity index (χ1n) is 7.51. The van der Waals surface area contributed by atoms with Crippen LogP contribution in [0.4, 0.5) is 0 Å². The average molecular weight is 305 g/mol. The van der Waals surface area contributed by atoms with Gasteiger partial charge in [0.05, 0.1) is 27.4 Å². The summed E-state index contributed by atoms with van der Waals surface area (Å²) in [6, 6.07) is 10.4. The summed E-state index contributed by atoms with van der Waals surface area (Å²) in [7, 11) is 0. The number of hydrogen-bond donors (Lipinski definition) is 0. The number of nitrogens with zero attached hydrogens (tertiary/aromatic N) is 3. The third-order valence-electron chi connectivity index (χ3n) is 4.34. The van der Waals surface area contributed by atoms with Crippen molar-refractivity contribution in [3.63, 3.8) is 0 Å². The quantitative estimate of drug-likeness (QED) is 0.498. The lowest BCUT2D eigenvalue weighted by atomic mass is 9.98. The third kappa shape index (κ3) is 1.89. The van der Waals surface area contributed by atoms with E-state index in [-0.39, 0.29) is 0 Å². The van der Waals surface area contributed by atoms with Crippen LogP contribution in [0.5, 0.6) is 0 Å². The molecule has 0 aliphatic heterocycles. The van der Waals surface area contributed by atoms with E-state index in [0.717, 1.165) is 56.5 Å². The first kappa shape index (κ1) is 13.5. The molecule has 2 aromatic carbocycles. The van der Waals surface area contributed by atoms with E-state index >= 15 is 0 Å². The topological polar surface area (TPSA) is 49.6 Å². The molecular formula is C18H15N3S. The molecule has 3 aromatic rings. The van der Waals surface area contributed by atoms with Crippen molar-refractivity contribution in [1.82, 2.24) is 9.97 Å². The van der Waals surface area contributed by atoms with E-state index in [9.17, 15) is 5.26 Å². The largest absolute Gasteiger partial charge is 0.249 e. The molecule has 4 heteroatoms. The molecule has 0 saturated heterocycles. The monoisotopic (exact) mass is 305 g/mol. The Morgan fingerprint density at radius 2 is 1.64 bits per heavy atom. The average Bonchev–Trinajstić information content (AvgIpc) is 2.59. The maximum absolute atomic E-state index is 9.63.